The van der Waals surface area contributed by atoms with E-state index >= 15 is 0 Å². The van der Waals surface area contributed by atoms with Crippen molar-refractivity contribution in [2.45, 2.75) is 20.8 Å². The molecule has 0 aliphatic carbocycles. The van der Waals surface area contributed by atoms with Gasteiger partial charge >= 0.3 is 0 Å². The maximum Gasteiger partial charge on any atom is 0.217 e. The first-order chi connectivity index (χ1) is 13.5. The predicted molar refractivity (Wildman–Crippen MR) is 115 cm³/mol. The number of halogens is 1. The normalized spacial score (nSPS) is 10.8. The molecule has 0 aliphatic rings. The molecule has 3 aromatic carbocycles. The molecule has 0 unspecified atom stereocenters. The third kappa shape index (κ3) is 3.25. The Morgan fingerprint density at radius 2 is 1.14 bits per heavy atom. The Labute approximate surface area is 182 Å². The number of nitrogens with zero attached hydrogens (tertiary/aromatic N) is 1. The highest BCUT2D eigenvalue weighted by Crippen LogP contribution is 2.44. The van der Waals surface area contributed by atoms with Crippen molar-refractivity contribution in [3.05, 3.63) is 65.2 Å². The molecule has 0 aliphatic heterocycles. The summed E-state index contributed by atoms with van der Waals surface area (Å²) in [6.07, 6.45) is 0. The first-order valence-electron chi connectivity index (χ1n) is 9.51. The van der Waals surface area contributed by atoms with Gasteiger partial charge in [0.15, 0.2) is 0 Å². The molecule has 0 N–H and O–H groups in total. The van der Waals surface area contributed by atoms with E-state index in [-0.39, 0.29) is 17.0 Å². The van der Waals surface area contributed by atoms with Crippen LogP contribution in [0.1, 0.15) is 16.7 Å². The standard InChI is InChI=1S/C25H26NO2.BrH/c1-15-13-16(2)22(17(3)14-15)25-23-18(9-7-11-20(23)27-5)26(4)19-10-8-12-21(28-6)24(19)25;/h7-14H,1-6H3;1H/q+1;/p-1. The maximum atomic E-state index is 5.82. The zero-order chi connectivity index (χ0) is 20.0. The number of aromatic nitrogens is 1. The van der Waals surface area contributed by atoms with Gasteiger partial charge in [-0.2, -0.15) is 4.57 Å². The molecule has 0 amide bonds. The highest BCUT2D eigenvalue weighted by Gasteiger charge is 2.26. The lowest BCUT2D eigenvalue weighted by Crippen LogP contribution is -3.00. The molecule has 150 valence electrons. The van der Waals surface area contributed by atoms with E-state index in [1.54, 1.807) is 14.2 Å². The molecule has 4 aromatic rings. The lowest BCUT2D eigenvalue weighted by atomic mass is 9.88. The van der Waals surface area contributed by atoms with Crippen LogP contribution in [0.4, 0.5) is 0 Å². The Hall–Kier alpha value is -2.59. The molecule has 4 rings (SSSR count). The summed E-state index contributed by atoms with van der Waals surface area (Å²) >= 11 is 0. The molecular weight excluding hydrogens is 426 g/mol. The van der Waals surface area contributed by atoms with Crippen molar-refractivity contribution >= 4 is 21.8 Å². The van der Waals surface area contributed by atoms with Gasteiger partial charge in [0.2, 0.25) is 11.0 Å². The molecule has 0 saturated carbocycles. The van der Waals surface area contributed by atoms with Gasteiger partial charge in [-0.15, -0.1) is 0 Å². The first kappa shape index (κ1) is 21.1. The molecule has 29 heavy (non-hydrogen) atoms. The summed E-state index contributed by atoms with van der Waals surface area (Å²) in [5, 5.41) is 2.22. The highest BCUT2D eigenvalue weighted by molar-refractivity contribution is 6.12. The second-order valence-electron chi connectivity index (χ2n) is 7.42. The Kier molecular flexibility index (Phi) is 5.85. The number of hydrogen-bond donors (Lipinski definition) is 0. The van der Waals surface area contributed by atoms with E-state index in [1.807, 2.05) is 24.3 Å². The van der Waals surface area contributed by atoms with E-state index in [0.29, 0.717) is 0 Å². The summed E-state index contributed by atoms with van der Waals surface area (Å²) in [6, 6.07) is 17.0. The fourth-order valence-electron chi connectivity index (χ4n) is 4.52. The Balaban J connectivity index is 0.00000240. The lowest BCUT2D eigenvalue weighted by molar-refractivity contribution is -0.617. The minimum Gasteiger partial charge on any atom is -1.00 e. The van der Waals surface area contributed by atoms with Gasteiger partial charge in [-0.05, 0) is 49.6 Å². The van der Waals surface area contributed by atoms with Crippen LogP contribution in [0.15, 0.2) is 48.5 Å². The molecule has 0 fully saturated rings. The second-order valence-corrected chi connectivity index (χ2v) is 7.42. The monoisotopic (exact) mass is 451 g/mol. The Morgan fingerprint density at radius 3 is 1.55 bits per heavy atom. The van der Waals surface area contributed by atoms with Crippen LogP contribution in [0, 0.1) is 20.8 Å². The van der Waals surface area contributed by atoms with E-state index in [2.05, 4.69) is 56.7 Å². The van der Waals surface area contributed by atoms with Gasteiger partial charge in [0.05, 0.1) is 25.0 Å². The van der Waals surface area contributed by atoms with E-state index < -0.39 is 0 Å². The number of aryl methyl sites for hydroxylation is 4. The van der Waals surface area contributed by atoms with E-state index in [1.165, 1.54) is 27.8 Å². The molecule has 0 saturated heterocycles. The quantitative estimate of drug-likeness (QED) is 0.352. The zero-order valence-corrected chi connectivity index (χ0v) is 19.3. The number of ether oxygens (including phenoxy) is 2. The minimum absolute atomic E-state index is 0. The molecular formula is C25H26BrNO2. The smallest absolute Gasteiger partial charge is 0.217 e. The van der Waals surface area contributed by atoms with Crippen molar-refractivity contribution in [1.82, 2.24) is 0 Å². The number of hydrogen-bond acceptors (Lipinski definition) is 2. The van der Waals surface area contributed by atoms with Gasteiger partial charge in [0.25, 0.3) is 0 Å². The van der Waals surface area contributed by atoms with Crippen LogP contribution in [-0.2, 0) is 7.05 Å². The van der Waals surface area contributed by atoms with Crippen LogP contribution in [0.5, 0.6) is 11.5 Å². The van der Waals surface area contributed by atoms with Crippen molar-refractivity contribution in [3.8, 4) is 22.6 Å². The van der Waals surface area contributed by atoms with Gasteiger partial charge < -0.3 is 26.5 Å². The second kappa shape index (κ2) is 8.03. The van der Waals surface area contributed by atoms with Crippen molar-refractivity contribution in [2.24, 2.45) is 7.05 Å². The number of rotatable bonds is 3. The SMILES string of the molecule is COc1cccc2c1c(-c1c(C)cc(C)cc1C)c1c(OC)cccc1[n+]2C.[Br-]. The molecule has 0 radical (unpaired) electrons. The minimum atomic E-state index is 0. The highest BCUT2D eigenvalue weighted by atomic mass is 79.9. The van der Waals surface area contributed by atoms with Crippen LogP contribution in [-0.4, -0.2) is 14.2 Å². The van der Waals surface area contributed by atoms with E-state index in [4.69, 9.17) is 9.47 Å². The third-order valence-electron chi connectivity index (χ3n) is 5.60. The Morgan fingerprint density at radius 1 is 0.690 bits per heavy atom. The van der Waals surface area contributed by atoms with E-state index in [0.717, 1.165) is 33.3 Å². The van der Waals surface area contributed by atoms with Crippen LogP contribution in [0.25, 0.3) is 32.9 Å². The molecule has 0 atom stereocenters. The van der Waals surface area contributed by atoms with Crippen LogP contribution >= 0.6 is 0 Å². The van der Waals surface area contributed by atoms with Crippen molar-refractivity contribution in [2.75, 3.05) is 14.2 Å². The average Bonchev–Trinajstić information content (AvgIpc) is 2.68. The molecule has 1 aromatic heterocycles. The largest absolute Gasteiger partial charge is 1.00 e. The summed E-state index contributed by atoms with van der Waals surface area (Å²) in [6.45, 7) is 6.52. The van der Waals surface area contributed by atoms with Crippen molar-refractivity contribution < 1.29 is 31.0 Å². The van der Waals surface area contributed by atoms with Crippen LogP contribution < -0.4 is 31.0 Å². The summed E-state index contributed by atoms with van der Waals surface area (Å²) in [4.78, 5) is 0. The topological polar surface area (TPSA) is 22.3 Å². The van der Waals surface area contributed by atoms with Gasteiger partial charge in [0, 0.05) is 17.7 Å². The van der Waals surface area contributed by atoms with Gasteiger partial charge in [-0.25, -0.2) is 0 Å². The average molecular weight is 452 g/mol. The summed E-state index contributed by atoms with van der Waals surface area (Å²) in [7, 11) is 5.57. The summed E-state index contributed by atoms with van der Waals surface area (Å²) in [5.74, 6) is 1.74. The van der Waals surface area contributed by atoms with Crippen molar-refractivity contribution in [1.29, 1.82) is 0 Å². The number of fused-ring (bicyclic) bond motifs is 2. The molecule has 1 heterocycles. The van der Waals surface area contributed by atoms with Gasteiger partial charge in [0.1, 0.15) is 18.5 Å². The summed E-state index contributed by atoms with van der Waals surface area (Å²) in [5.41, 5.74) is 8.47. The van der Waals surface area contributed by atoms with E-state index in [9.17, 15) is 0 Å². The fourth-order valence-corrected chi connectivity index (χ4v) is 4.52. The van der Waals surface area contributed by atoms with Gasteiger partial charge in [-0.1, -0.05) is 29.8 Å². The fraction of sp³-hybridized carbons (Fsp3) is 0.240. The third-order valence-corrected chi connectivity index (χ3v) is 5.60. The molecule has 3 nitrogen and oxygen atoms in total. The zero-order valence-electron chi connectivity index (χ0n) is 17.8. The first-order valence-corrected chi connectivity index (χ1v) is 9.51. The molecule has 0 spiro atoms. The van der Waals surface area contributed by atoms with Crippen LogP contribution in [0.2, 0.25) is 0 Å². The van der Waals surface area contributed by atoms with Crippen molar-refractivity contribution in [3.63, 3.8) is 0 Å². The number of benzene rings is 3. The molecule has 0 bridgehead atoms. The predicted octanol–water partition coefficient (Wildman–Crippen LogP) is 2.43. The number of pyridine rings is 1. The molecule has 4 heteroatoms. The number of methoxy groups -OCH3 is 2. The maximum absolute atomic E-state index is 5.82. The van der Waals surface area contributed by atoms with Gasteiger partial charge in [-0.3, -0.25) is 0 Å². The summed E-state index contributed by atoms with van der Waals surface area (Å²) < 4.78 is 13.9. The van der Waals surface area contributed by atoms with Crippen LogP contribution in [0.3, 0.4) is 0 Å². The Bertz CT molecular complexity index is 1140. The lowest BCUT2D eigenvalue weighted by Gasteiger charge is -2.18.